The van der Waals surface area contributed by atoms with E-state index in [4.69, 9.17) is 0 Å². The average Bonchev–Trinajstić information content (AvgIpc) is 3.09. The molecule has 0 radical (unpaired) electrons. The normalized spacial score (nSPS) is 13.4. The average molecular weight is 291 g/mol. The summed E-state index contributed by atoms with van der Waals surface area (Å²) in [6, 6.07) is 13.2. The third kappa shape index (κ3) is 3.64. The number of amides is 2. The summed E-state index contributed by atoms with van der Waals surface area (Å²) < 4.78 is 0. The van der Waals surface area contributed by atoms with Crippen LogP contribution >= 0.6 is 0 Å². The molecule has 0 saturated carbocycles. The predicted octanol–water partition coefficient (Wildman–Crippen LogP) is 3.11. The molecule has 4 nitrogen and oxygen atoms in total. The number of nitrogens with one attached hydrogen (secondary N) is 1. The molecule has 1 aliphatic heterocycles. The number of hydrogen-bond acceptors (Lipinski definition) is 2. The zero-order chi connectivity index (χ0) is 15.2. The van der Waals surface area contributed by atoms with E-state index < -0.39 is 0 Å². The molecule has 2 aromatic rings. The Bertz CT molecular complexity index is 710. The van der Waals surface area contributed by atoms with E-state index in [1.165, 1.54) is 0 Å². The smallest absolute Gasteiger partial charge is 0.321 e. The molecule has 22 heavy (non-hydrogen) atoms. The van der Waals surface area contributed by atoms with Crippen molar-refractivity contribution in [2.75, 3.05) is 18.4 Å². The van der Waals surface area contributed by atoms with Gasteiger partial charge in [-0.3, -0.25) is 0 Å². The standard InChI is InChI=1S/C18H17N3O/c22-18(21-12-3-4-13-21)20-17-8-5-6-15(14-17)9-10-16-7-1-2-11-19-16/h1-2,5-8,11,14H,3-4,12-13H2,(H,20,22). The maximum Gasteiger partial charge on any atom is 0.321 e. The number of aromatic nitrogens is 1. The highest BCUT2D eigenvalue weighted by Crippen LogP contribution is 2.13. The van der Waals surface area contributed by atoms with Crippen molar-refractivity contribution >= 4 is 11.7 Å². The van der Waals surface area contributed by atoms with Crippen LogP contribution in [0.2, 0.25) is 0 Å². The number of likely N-dealkylation sites (tertiary alicyclic amines) is 1. The fourth-order valence-electron chi connectivity index (χ4n) is 2.37. The Morgan fingerprint density at radius 3 is 2.73 bits per heavy atom. The molecule has 0 aliphatic carbocycles. The second-order valence-corrected chi connectivity index (χ2v) is 5.17. The van der Waals surface area contributed by atoms with E-state index >= 15 is 0 Å². The number of pyridine rings is 1. The van der Waals surface area contributed by atoms with Gasteiger partial charge < -0.3 is 10.2 Å². The predicted molar refractivity (Wildman–Crippen MR) is 86.5 cm³/mol. The van der Waals surface area contributed by atoms with Crippen LogP contribution in [0, 0.1) is 11.8 Å². The molecule has 0 bridgehead atoms. The van der Waals surface area contributed by atoms with E-state index in [1.54, 1.807) is 6.20 Å². The largest absolute Gasteiger partial charge is 0.325 e. The molecular formula is C18H17N3O. The van der Waals surface area contributed by atoms with Gasteiger partial charge in [-0.1, -0.05) is 18.1 Å². The van der Waals surface area contributed by atoms with E-state index in [9.17, 15) is 4.79 Å². The van der Waals surface area contributed by atoms with E-state index in [0.717, 1.165) is 42.9 Å². The third-order valence-electron chi connectivity index (χ3n) is 3.51. The van der Waals surface area contributed by atoms with Crippen LogP contribution in [0.5, 0.6) is 0 Å². The zero-order valence-electron chi connectivity index (χ0n) is 12.2. The van der Waals surface area contributed by atoms with Crippen LogP contribution in [0.15, 0.2) is 48.7 Å². The number of rotatable bonds is 1. The minimum Gasteiger partial charge on any atom is -0.325 e. The van der Waals surface area contributed by atoms with Gasteiger partial charge >= 0.3 is 6.03 Å². The van der Waals surface area contributed by atoms with Crippen LogP contribution in [-0.4, -0.2) is 29.0 Å². The lowest BCUT2D eigenvalue weighted by atomic mass is 10.2. The number of urea groups is 1. The summed E-state index contributed by atoms with van der Waals surface area (Å²) in [5, 5.41) is 2.93. The second-order valence-electron chi connectivity index (χ2n) is 5.17. The molecule has 1 aliphatic rings. The highest BCUT2D eigenvalue weighted by Gasteiger charge is 2.17. The molecular weight excluding hydrogens is 274 g/mol. The van der Waals surface area contributed by atoms with Crippen LogP contribution in [0.3, 0.4) is 0 Å². The van der Waals surface area contributed by atoms with Gasteiger partial charge in [0.25, 0.3) is 0 Å². The maximum absolute atomic E-state index is 12.1. The molecule has 1 saturated heterocycles. The van der Waals surface area contributed by atoms with Gasteiger partial charge in [0.15, 0.2) is 0 Å². The molecule has 0 spiro atoms. The lowest BCUT2D eigenvalue weighted by Gasteiger charge is -2.16. The SMILES string of the molecule is O=C(Nc1cccc(C#Cc2ccccn2)c1)N1CCCC1. The van der Waals surface area contributed by atoms with Gasteiger partial charge in [-0.25, -0.2) is 9.78 Å². The van der Waals surface area contributed by atoms with Crippen molar-refractivity contribution in [3.8, 4) is 11.8 Å². The van der Waals surface area contributed by atoms with Crippen LogP contribution < -0.4 is 5.32 Å². The molecule has 1 fully saturated rings. The molecule has 1 aromatic carbocycles. The summed E-state index contributed by atoms with van der Waals surface area (Å²) in [5.74, 6) is 6.08. The minimum atomic E-state index is -0.0349. The Kier molecular flexibility index (Phi) is 4.35. The van der Waals surface area contributed by atoms with Crippen LogP contribution in [0.25, 0.3) is 0 Å². The quantitative estimate of drug-likeness (QED) is 0.821. The highest BCUT2D eigenvalue weighted by molar-refractivity contribution is 5.89. The van der Waals surface area contributed by atoms with Gasteiger partial charge in [-0.05, 0) is 49.1 Å². The first-order valence-electron chi connectivity index (χ1n) is 7.40. The maximum atomic E-state index is 12.1. The fraction of sp³-hybridized carbons (Fsp3) is 0.222. The number of benzene rings is 1. The van der Waals surface area contributed by atoms with Gasteiger partial charge in [0.2, 0.25) is 0 Å². The molecule has 3 rings (SSSR count). The van der Waals surface area contributed by atoms with Crippen molar-refractivity contribution in [3.63, 3.8) is 0 Å². The number of nitrogens with zero attached hydrogens (tertiary/aromatic N) is 2. The summed E-state index contributed by atoms with van der Waals surface area (Å²) in [7, 11) is 0. The van der Waals surface area contributed by atoms with Gasteiger partial charge in [-0.2, -0.15) is 0 Å². The van der Waals surface area contributed by atoms with Gasteiger partial charge in [0, 0.05) is 30.5 Å². The first-order valence-corrected chi connectivity index (χ1v) is 7.40. The molecule has 1 aromatic heterocycles. The molecule has 2 heterocycles. The van der Waals surface area contributed by atoms with Crippen LogP contribution in [0.1, 0.15) is 24.1 Å². The molecule has 0 atom stereocenters. The summed E-state index contributed by atoms with van der Waals surface area (Å²) in [6.45, 7) is 1.68. The van der Waals surface area contributed by atoms with Gasteiger partial charge in [-0.15, -0.1) is 0 Å². The second kappa shape index (κ2) is 6.77. The van der Waals surface area contributed by atoms with Crippen molar-refractivity contribution in [2.24, 2.45) is 0 Å². The first-order chi connectivity index (χ1) is 10.8. The van der Waals surface area contributed by atoms with E-state index in [-0.39, 0.29) is 6.03 Å². The molecule has 2 amide bonds. The van der Waals surface area contributed by atoms with E-state index in [0.29, 0.717) is 0 Å². The number of hydrogen-bond donors (Lipinski definition) is 1. The third-order valence-corrected chi connectivity index (χ3v) is 3.51. The van der Waals surface area contributed by atoms with E-state index in [2.05, 4.69) is 22.1 Å². The Labute approximate surface area is 130 Å². The Hall–Kier alpha value is -2.80. The zero-order valence-corrected chi connectivity index (χ0v) is 12.2. The van der Waals surface area contributed by atoms with Crippen molar-refractivity contribution in [3.05, 3.63) is 59.9 Å². The van der Waals surface area contributed by atoms with Gasteiger partial charge in [0.05, 0.1) is 0 Å². The molecule has 1 N–H and O–H groups in total. The van der Waals surface area contributed by atoms with Crippen molar-refractivity contribution in [1.82, 2.24) is 9.88 Å². The summed E-state index contributed by atoms with van der Waals surface area (Å²) in [5.41, 5.74) is 2.35. The minimum absolute atomic E-state index is 0.0349. The monoisotopic (exact) mass is 291 g/mol. The van der Waals surface area contributed by atoms with Crippen molar-refractivity contribution < 1.29 is 4.79 Å². The molecule has 4 heteroatoms. The number of anilines is 1. The fourth-order valence-corrected chi connectivity index (χ4v) is 2.37. The van der Waals surface area contributed by atoms with Crippen molar-refractivity contribution in [2.45, 2.75) is 12.8 Å². The highest BCUT2D eigenvalue weighted by atomic mass is 16.2. The molecule has 0 unspecified atom stereocenters. The lowest BCUT2D eigenvalue weighted by molar-refractivity contribution is 0.222. The Balaban J connectivity index is 1.70. The summed E-state index contributed by atoms with van der Waals surface area (Å²) in [4.78, 5) is 18.1. The Morgan fingerprint density at radius 2 is 1.95 bits per heavy atom. The lowest BCUT2D eigenvalue weighted by Crippen LogP contribution is -2.32. The van der Waals surface area contributed by atoms with E-state index in [1.807, 2.05) is 47.4 Å². The number of carbonyl (C=O) groups excluding carboxylic acids is 1. The van der Waals surface area contributed by atoms with Crippen LogP contribution in [0.4, 0.5) is 10.5 Å². The first kappa shape index (κ1) is 14.2. The van der Waals surface area contributed by atoms with Crippen LogP contribution in [-0.2, 0) is 0 Å². The number of carbonyl (C=O) groups is 1. The summed E-state index contributed by atoms with van der Waals surface area (Å²) >= 11 is 0. The summed E-state index contributed by atoms with van der Waals surface area (Å²) in [6.07, 6.45) is 3.89. The Morgan fingerprint density at radius 1 is 1.09 bits per heavy atom. The molecule has 110 valence electrons. The van der Waals surface area contributed by atoms with Crippen molar-refractivity contribution in [1.29, 1.82) is 0 Å². The van der Waals surface area contributed by atoms with Gasteiger partial charge in [0.1, 0.15) is 5.69 Å². The topological polar surface area (TPSA) is 45.2 Å².